The Morgan fingerprint density at radius 3 is 2.40 bits per heavy atom. The molecular formula is C7H15O2S+. The molecule has 3 heteroatoms. The van der Waals surface area contributed by atoms with Gasteiger partial charge in [-0.25, -0.2) is 0 Å². The fourth-order valence-electron chi connectivity index (χ4n) is 0.776. The van der Waals surface area contributed by atoms with Gasteiger partial charge in [-0.2, -0.15) is 0 Å². The first kappa shape index (κ1) is 9.98. The highest BCUT2D eigenvalue weighted by atomic mass is 32.2. The molecule has 1 atom stereocenters. The molecule has 0 saturated heterocycles. The lowest BCUT2D eigenvalue weighted by atomic mass is 10.2. The van der Waals surface area contributed by atoms with Crippen molar-refractivity contribution in [2.24, 2.45) is 0 Å². The van der Waals surface area contributed by atoms with Crippen molar-refractivity contribution >= 4 is 16.7 Å². The number of aliphatic hydroxyl groups excluding tert-OH is 1. The molecule has 0 bridgehead atoms. The molecule has 0 aliphatic heterocycles. The van der Waals surface area contributed by atoms with Crippen LogP contribution in [-0.2, 0) is 15.7 Å². The molecule has 60 valence electrons. The van der Waals surface area contributed by atoms with Gasteiger partial charge < -0.3 is 5.11 Å². The summed E-state index contributed by atoms with van der Waals surface area (Å²) in [4.78, 5) is 10.5. The Morgan fingerprint density at radius 1 is 1.60 bits per heavy atom. The van der Waals surface area contributed by atoms with Gasteiger partial charge in [0.25, 0.3) is 0 Å². The monoisotopic (exact) mass is 163 g/mol. The zero-order chi connectivity index (χ0) is 8.15. The van der Waals surface area contributed by atoms with Gasteiger partial charge in [-0.15, -0.1) is 0 Å². The van der Waals surface area contributed by atoms with Gasteiger partial charge in [0, 0.05) is 6.42 Å². The number of carbonyl (C=O) groups is 1. The van der Waals surface area contributed by atoms with E-state index in [0.29, 0.717) is 6.42 Å². The Hall–Kier alpha value is -0.0200. The second-order valence-electron chi connectivity index (χ2n) is 2.71. The van der Waals surface area contributed by atoms with Crippen LogP contribution in [0.1, 0.15) is 13.3 Å². The standard InChI is InChI=1S/C7H15O2S/c1-6(8)4-7(9)5-10(2)3/h7,9H,4-5H2,1-3H3/q+1/t7-/m0/s1. The van der Waals surface area contributed by atoms with E-state index in [1.165, 1.54) is 6.92 Å². The van der Waals surface area contributed by atoms with E-state index >= 15 is 0 Å². The van der Waals surface area contributed by atoms with Crippen LogP contribution in [0.25, 0.3) is 0 Å². The predicted octanol–water partition coefficient (Wildman–Crippen LogP) is 0.204. The zero-order valence-corrected chi connectivity index (χ0v) is 7.57. The van der Waals surface area contributed by atoms with E-state index in [1.807, 2.05) is 0 Å². The summed E-state index contributed by atoms with van der Waals surface area (Å²) in [5.41, 5.74) is 0. The molecule has 0 rings (SSSR count). The molecule has 1 N–H and O–H groups in total. The van der Waals surface area contributed by atoms with Crippen molar-refractivity contribution in [1.82, 2.24) is 0 Å². The van der Waals surface area contributed by atoms with Gasteiger partial charge in [0.2, 0.25) is 0 Å². The lowest BCUT2D eigenvalue weighted by molar-refractivity contribution is -0.118. The number of aliphatic hydroxyl groups is 1. The first-order valence-corrected chi connectivity index (χ1v) is 5.45. The van der Waals surface area contributed by atoms with E-state index in [1.54, 1.807) is 0 Å². The van der Waals surface area contributed by atoms with Crippen molar-refractivity contribution in [2.75, 3.05) is 18.3 Å². The summed E-state index contributed by atoms with van der Waals surface area (Å²) in [7, 11) is 0.236. The van der Waals surface area contributed by atoms with Gasteiger partial charge in [-0.05, 0) is 17.8 Å². The molecule has 0 fully saturated rings. The topological polar surface area (TPSA) is 37.3 Å². The lowest BCUT2D eigenvalue weighted by Gasteiger charge is -2.04. The van der Waals surface area contributed by atoms with Crippen LogP contribution in [0.4, 0.5) is 0 Å². The molecule has 0 saturated carbocycles. The lowest BCUT2D eigenvalue weighted by Crippen LogP contribution is -2.21. The second-order valence-corrected chi connectivity index (χ2v) is 5.02. The minimum atomic E-state index is -0.421. The van der Waals surface area contributed by atoms with Gasteiger partial charge >= 0.3 is 0 Å². The average molecular weight is 163 g/mol. The number of carbonyl (C=O) groups excluding carboxylic acids is 1. The Morgan fingerprint density at radius 2 is 2.10 bits per heavy atom. The summed E-state index contributed by atoms with van der Waals surface area (Å²) in [6.07, 6.45) is 4.01. The molecule has 2 nitrogen and oxygen atoms in total. The van der Waals surface area contributed by atoms with Crippen LogP contribution < -0.4 is 0 Å². The van der Waals surface area contributed by atoms with Crippen molar-refractivity contribution in [3.63, 3.8) is 0 Å². The number of ketones is 1. The molecule has 0 aliphatic rings. The molecule has 0 aromatic heterocycles. The van der Waals surface area contributed by atoms with Crippen molar-refractivity contribution in [3.8, 4) is 0 Å². The highest BCUT2D eigenvalue weighted by Crippen LogP contribution is 1.97. The van der Waals surface area contributed by atoms with E-state index in [4.69, 9.17) is 0 Å². The SMILES string of the molecule is CC(=O)C[C@H](O)C[S+](C)C. The van der Waals surface area contributed by atoms with E-state index in [9.17, 15) is 9.90 Å². The van der Waals surface area contributed by atoms with Crippen molar-refractivity contribution < 1.29 is 9.90 Å². The van der Waals surface area contributed by atoms with Crippen LogP contribution in [0.2, 0.25) is 0 Å². The molecule has 0 heterocycles. The Kier molecular flexibility index (Phi) is 4.73. The molecule has 0 aliphatic carbocycles. The Labute approximate surface area is 65.0 Å². The molecule has 0 spiro atoms. The minimum absolute atomic E-state index is 0.0675. The van der Waals surface area contributed by atoms with E-state index < -0.39 is 6.10 Å². The van der Waals surface area contributed by atoms with Crippen LogP contribution in [-0.4, -0.2) is 35.3 Å². The van der Waals surface area contributed by atoms with Crippen LogP contribution in [0.15, 0.2) is 0 Å². The number of hydrogen-bond donors (Lipinski definition) is 1. The summed E-state index contributed by atoms with van der Waals surface area (Å²) >= 11 is 0. The predicted molar refractivity (Wildman–Crippen MR) is 45.4 cm³/mol. The number of hydrogen-bond acceptors (Lipinski definition) is 2. The smallest absolute Gasteiger partial charge is 0.133 e. The van der Waals surface area contributed by atoms with Gasteiger partial charge in [-0.1, -0.05) is 0 Å². The van der Waals surface area contributed by atoms with Crippen LogP contribution in [0.5, 0.6) is 0 Å². The summed E-state index contributed by atoms with van der Waals surface area (Å²) in [6.45, 7) is 1.51. The van der Waals surface area contributed by atoms with Crippen molar-refractivity contribution in [3.05, 3.63) is 0 Å². The first-order valence-electron chi connectivity index (χ1n) is 3.24. The fourth-order valence-corrected chi connectivity index (χ4v) is 1.66. The van der Waals surface area contributed by atoms with Crippen LogP contribution in [0, 0.1) is 0 Å². The number of Topliss-reactive ketones (excluding diaryl/α,β-unsaturated/α-hetero) is 1. The van der Waals surface area contributed by atoms with E-state index in [-0.39, 0.29) is 16.7 Å². The third-order valence-electron chi connectivity index (χ3n) is 1.05. The van der Waals surface area contributed by atoms with E-state index in [0.717, 1.165) is 5.75 Å². The third kappa shape index (κ3) is 6.11. The highest BCUT2D eigenvalue weighted by molar-refractivity contribution is 7.95. The van der Waals surface area contributed by atoms with Crippen molar-refractivity contribution in [2.45, 2.75) is 19.4 Å². The molecule has 0 aromatic rings. The quantitative estimate of drug-likeness (QED) is 0.601. The second kappa shape index (κ2) is 4.74. The maximum Gasteiger partial charge on any atom is 0.133 e. The van der Waals surface area contributed by atoms with Crippen LogP contribution >= 0.6 is 0 Å². The minimum Gasteiger partial charge on any atom is -0.388 e. The van der Waals surface area contributed by atoms with Crippen molar-refractivity contribution in [1.29, 1.82) is 0 Å². The first-order chi connectivity index (χ1) is 4.52. The normalized spacial score (nSPS) is 13.7. The van der Waals surface area contributed by atoms with Crippen LogP contribution in [0.3, 0.4) is 0 Å². The average Bonchev–Trinajstić information content (AvgIpc) is 1.58. The molecule has 0 radical (unpaired) electrons. The van der Waals surface area contributed by atoms with Gasteiger partial charge in [0.15, 0.2) is 0 Å². The summed E-state index contributed by atoms with van der Waals surface area (Å²) in [6, 6.07) is 0. The van der Waals surface area contributed by atoms with E-state index in [2.05, 4.69) is 12.5 Å². The van der Waals surface area contributed by atoms with Gasteiger partial charge in [0.1, 0.15) is 17.6 Å². The molecule has 10 heavy (non-hydrogen) atoms. The molecular weight excluding hydrogens is 148 g/mol. The summed E-state index contributed by atoms with van der Waals surface area (Å²) < 4.78 is 0. The molecule has 0 amide bonds. The maximum absolute atomic E-state index is 10.5. The molecule has 0 aromatic carbocycles. The Bertz CT molecular complexity index is 112. The summed E-state index contributed by atoms with van der Waals surface area (Å²) in [5, 5.41) is 9.18. The molecule has 0 unspecified atom stereocenters. The Balaban J connectivity index is 3.43. The highest BCUT2D eigenvalue weighted by Gasteiger charge is 2.14. The fraction of sp³-hybridized carbons (Fsp3) is 0.857. The van der Waals surface area contributed by atoms with Gasteiger partial charge in [0.05, 0.1) is 12.5 Å². The number of rotatable bonds is 4. The largest absolute Gasteiger partial charge is 0.388 e. The van der Waals surface area contributed by atoms with Gasteiger partial charge in [-0.3, -0.25) is 4.79 Å². The summed E-state index contributed by atoms with van der Waals surface area (Å²) in [5.74, 6) is 0.817. The third-order valence-corrected chi connectivity index (χ3v) is 2.10. The zero-order valence-electron chi connectivity index (χ0n) is 6.76. The maximum atomic E-state index is 10.5.